The lowest BCUT2D eigenvalue weighted by molar-refractivity contribution is 0.0238. The lowest BCUT2D eigenvalue weighted by Crippen LogP contribution is -2.46. The summed E-state index contributed by atoms with van der Waals surface area (Å²) < 4.78 is 59.8. The molecule has 0 aromatic heterocycles. The number of piperidine rings is 1. The van der Waals surface area contributed by atoms with Crippen molar-refractivity contribution in [3.8, 4) is 0 Å². The summed E-state index contributed by atoms with van der Waals surface area (Å²) in [7, 11) is -3.64. The van der Waals surface area contributed by atoms with Crippen LogP contribution in [0.25, 0.3) is 0 Å². The van der Waals surface area contributed by atoms with Crippen molar-refractivity contribution < 1.29 is 26.7 Å². The number of hydrogen-bond donors (Lipinski definition) is 3. The molecule has 1 saturated heterocycles. The molecule has 1 aliphatic rings. The number of benzene rings is 3. The molecule has 1 fully saturated rings. The van der Waals surface area contributed by atoms with Gasteiger partial charge in [-0.25, -0.2) is 22.0 Å². The van der Waals surface area contributed by atoms with Gasteiger partial charge >= 0.3 is 5.97 Å². The van der Waals surface area contributed by atoms with Crippen molar-refractivity contribution in [2.75, 3.05) is 19.6 Å². The Hall–Kier alpha value is -2.60. The average molecular weight is 659 g/mol. The number of sulfone groups is 1. The van der Waals surface area contributed by atoms with Crippen molar-refractivity contribution >= 4 is 40.6 Å². The maximum Gasteiger partial charge on any atom is 0.338 e. The van der Waals surface area contributed by atoms with Crippen LogP contribution in [0.15, 0.2) is 71.6 Å². The van der Waals surface area contributed by atoms with E-state index in [0.717, 1.165) is 31.0 Å². The number of carbonyl (C=O) groups is 1. The van der Waals surface area contributed by atoms with E-state index in [9.17, 15) is 22.0 Å². The fourth-order valence-electron chi connectivity index (χ4n) is 5.01. The zero-order valence-electron chi connectivity index (χ0n) is 23.9. The highest BCUT2D eigenvalue weighted by atomic mass is 35.5. The van der Waals surface area contributed by atoms with Gasteiger partial charge in [-0.2, -0.15) is 0 Å². The molecule has 3 aromatic carbocycles. The number of halogens is 4. The number of ether oxygens (including phenoxy) is 1. The summed E-state index contributed by atoms with van der Waals surface area (Å²) >= 11 is 0. The van der Waals surface area contributed by atoms with Gasteiger partial charge in [0.25, 0.3) is 0 Å². The molecule has 3 aromatic rings. The van der Waals surface area contributed by atoms with Gasteiger partial charge in [0.1, 0.15) is 17.7 Å². The van der Waals surface area contributed by atoms with Crippen molar-refractivity contribution in [1.82, 2.24) is 10.6 Å². The SMILES string of the molecule is CCc1cccc(CNCC(OC(=O)c2cccc(S(=O)(=O)C3CCCNC3)c2)C(N)Cc2cc(F)cc(F)c2)c1.Cl.Cl. The average Bonchev–Trinajstić information content (AvgIpc) is 2.96. The van der Waals surface area contributed by atoms with Crippen molar-refractivity contribution in [2.24, 2.45) is 5.73 Å². The van der Waals surface area contributed by atoms with E-state index in [4.69, 9.17) is 10.5 Å². The van der Waals surface area contributed by atoms with Crippen molar-refractivity contribution in [3.05, 3.63) is 101 Å². The molecule has 1 heterocycles. The lowest BCUT2D eigenvalue weighted by Gasteiger charge is -2.25. The molecule has 3 atom stereocenters. The third kappa shape index (κ3) is 10.2. The molecule has 43 heavy (non-hydrogen) atoms. The quantitative estimate of drug-likeness (QED) is 0.241. The lowest BCUT2D eigenvalue weighted by atomic mass is 10.0. The van der Waals surface area contributed by atoms with Crippen LogP contribution in [0.4, 0.5) is 8.78 Å². The third-order valence-electron chi connectivity index (χ3n) is 7.29. The minimum Gasteiger partial charge on any atom is -0.456 e. The second-order valence-electron chi connectivity index (χ2n) is 10.4. The second-order valence-corrected chi connectivity index (χ2v) is 12.7. The molecule has 1 aliphatic heterocycles. The molecule has 4 N–H and O–H groups in total. The number of aryl methyl sites for hydroxylation is 1. The Morgan fingerprint density at radius 3 is 2.40 bits per heavy atom. The number of rotatable bonds is 12. The second kappa shape index (κ2) is 17.0. The summed E-state index contributed by atoms with van der Waals surface area (Å²) in [6, 6.07) is 16.3. The van der Waals surface area contributed by atoms with Crippen LogP contribution in [-0.4, -0.2) is 51.4 Å². The molecule has 3 unspecified atom stereocenters. The largest absolute Gasteiger partial charge is 0.456 e. The Balaban J connectivity index is 0.00000323. The maximum absolute atomic E-state index is 13.8. The molecule has 236 valence electrons. The highest BCUT2D eigenvalue weighted by Crippen LogP contribution is 2.23. The van der Waals surface area contributed by atoms with Gasteiger partial charge < -0.3 is 21.1 Å². The molecule has 0 aliphatic carbocycles. The Morgan fingerprint density at radius 2 is 1.72 bits per heavy atom. The zero-order chi connectivity index (χ0) is 29.4. The van der Waals surface area contributed by atoms with Gasteiger partial charge in [0.15, 0.2) is 9.84 Å². The normalized spacial score (nSPS) is 16.3. The highest BCUT2D eigenvalue weighted by Gasteiger charge is 2.30. The molecule has 12 heteroatoms. The first-order chi connectivity index (χ1) is 19.7. The van der Waals surface area contributed by atoms with Gasteiger partial charge in [0, 0.05) is 31.7 Å². The molecule has 0 radical (unpaired) electrons. The van der Waals surface area contributed by atoms with Gasteiger partial charge in [-0.05, 0) is 79.3 Å². The van der Waals surface area contributed by atoms with E-state index in [1.54, 1.807) is 0 Å². The predicted molar refractivity (Wildman–Crippen MR) is 169 cm³/mol. The van der Waals surface area contributed by atoms with E-state index >= 15 is 0 Å². The zero-order valence-corrected chi connectivity index (χ0v) is 26.4. The van der Waals surface area contributed by atoms with E-state index in [0.29, 0.717) is 25.1 Å². The van der Waals surface area contributed by atoms with Gasteiger partial charge in [-0.3, -0.25) is 0 Å². The summed E-state index contributed by atoms with van der Waals surface area (Å²) in [5, 5.41) is 5.82. The van der Waals surface area contributed by atoms with Crippen molar-refractivity contribution in [1.29, 1.82) is 0 Å². The van der Waals surface area contributed by atoms with Crippen LogP contribution < -0.4 is 16.4 Å². The summed E-state index contributed by atoms with van der Waals surface area (Å²) in [6.45, 7) is 3.88. The van der Waals surface area contributed by atoms with Crippen LogP contribution in [0.5, 0.6) is 0 Å². The summed E-state index contributed by atoms with van der Waals surface area (Å²) in [4.78, 5) is 13.3. The van der Waals surface area contributed by atoms with E-state index < -0.39 is 44.8 Å². The summed E-state index contributed by atoms with van der Waals surface area (Å²) in [6.07, 6.45) is 1.40. The Bertz CT molecular complexity index is 1440. The van der Waals surface area contributed by atoms with E-state index in [-0.39, 0.29) is 48.2 Å². The smallest absolute Gasteiger partial charge is 0.338 e. The number of nitrogens with one attached hydrogen (secondary N) is 2. The Kier molecular flexibility index (Phi) is 14.5. The molecule has 0 amide bonds. The molecular formula is C31H39Cl2F2N3O4S. The molecule has 0 bridgehead atoms. The molecule has 0 saturated carbocycles. The highest BCUT2D eigenvalue weighted by molar-refractivity contribution is 7.92. The molecule has 0 spiro atoms. The van der Waals surface area contributed by atoms with Gasteiger partial charge in [-0.1, -0.05) is 37.3 Å². The van der Waals surface area contributed by atoms with Crippen molar-refractivity contribution in [2.45, 2.75) is 61.4 Å². The maximum atomic E-state index is 13.8. The van der Waals surface area contributed by atoms with Crippen LogP contribution in [0.2, 0.25) is 0 Å². The third-order valence-corrected chi connectivity index (χ3v) is 9.48. The van der Waals surface area contributed by atoms with Crippen LogP contribution in [0.3, 0.4) is 0 Å². The number of nitrogens with two attached hydrogens (primary N) is 1. The first-order valence-corrected chi connectivity index (χ1v) is 15.4. The number of hydrogen-bond acceptors (Lipinski definition) is 7. The van der Waals surface area contributed by atoms with Gasteiger partial charge in [0.2, 0.25) is 0 Å². The van der Waals surface area contributed by atoms with Crippen LogP contribution in [-0.2, 0) is 34.0 Å². The van der Waals surface area contributed by atoms with E-state index in [2.05, 4.69) is 23.6 Å². The molecule has 7 nitrogen and oxygen atoms in total. The fraction of sp³-hybridized carbons (Fsp3) is 0.387. The minimum atomic E-state index is -3.64. The summed E-state index contributed by atoms with van der Waals surface area (Å²) in [5.41, 5.74) is 9.09. The predicted octanol–water partition coefficient (Wildman–Crippen LogP) is 4.78. The first-order valence-electron chi connectivity index (χ1n) is 13.9. The van der Waals surface area contributed by atoms with Gasteiger partial charge in [-0.15, -0.1) is 24.8 Å². The Labute approximate surface area is 264 Å². The first kappa shape index (κ1) is 36.6. The van der Waals surface area contributed by atoms with E-state index in [1.165, 1.54) is 42.0 Å². The summed E-state index contributed by atoms with van der Waals surface area (Å²) in [5.74, 6) is -2.17. The topological polar surface area (TPSA) is 111 Å². The van der Waals surface area contributed by atoms with E-state index in [1.807, 2.05) is 18.2 Å². The fourth-order valence-corrected chi connectivity index (χ4v) is 6.77. The number of esters is 1. The molecule has 4 rings (SSSR count). The van der Waals surface area contributed by atoms with Crippen LogP contribution in [0, 0.1) is 11.6 Å². The Morgan fingerprint density at radius 1 is 1.02 bits per heavy atom. The molecular weight excluding hydrogens is 619 g/mol. The van der Waals surface area contributed by atoms with Crippen molar-refractivity contribution in [3.63, 3.8) is 0 Å². The minimum absolute atomic E-state index is 0. The van der Waals surface area contributed by atoms with Crippen LogP contribution >= 0.6 is 24.8 Å². The monoisotopic (exact) mass is 657 g/mol. The van der Waals surface area contributed by atoms with Gasteiger partial charge in [0.05, 0.1) is 15.7 Å². The van der Waals surface area contributed by atoms with Crippen LogP contribution in [0.1, 0.15) is 46.8 Å². The standard InChI is InChI=1S/C31H37F2N3O4S.2ClH/c1-2-21-6-3-7-22(12-21)18-36-20-30(29(34)15-23-13-25(32)17-26(33)14-23)40-31(37)24-8-4-9-27(16-24)41(38,39)28-10-5-11-35-19-28;;/h3-4,6-9,12-14,16-17,28-30,35-36H,2,5,10-11,15,18-20,34H2,1H3;2*1H. The number of carbonyl (C=O) groups excluding carboxylic acids is 1.